The number of rotatable bonds is 8. The monoisotopic (exact) mass is 495 g/mol. The van der Waals surface area contributed by atoms with E-state index in [1.165, 1.54) is 0 Å². The molecule has 150 valence electrons. The SMILES string of the molecule is CCOc1ccc(OCC)c(NC(N)=NCCc2cc3ccccc3o2)c1.I. The van der Waals surface area contributed by atoms with Crippen molar-refractivity contribution in [3.63, 3.8) is 0 Å². The Morgan fingerprint density at radius 1 is 1.07 bits per heavy atom. The van der Waals surface area contributed by atoms with Gasteiger partial charge in [0.05, 0.1) is 18.9 Å². The molecule has 0 unspecified atom stereocenters. The van der Waals surface area contributed by atoms with E-state index in [-0.39, 0.29) is 24.0 Å². The van der Waals surface area contributed by atoms with Crippen molar-refractivity contribution < 1.29 is 13.9 Å². The number of benzene rings is 2. The number of hydrogen-bond acceptors (Lipinski definition) is 4. The minimum absolute atomic E-state index is 0. The summed E-state index contributed by atoms with van der Waals surface area (Å²) >= 11 is 0. The molecule has 6 nitrogen and oxygen atoms in total. The van der Waals surface area contributed by atoms with Crippen LogP contribution >= 0.6 is 24.0 Å². The normalized spacial score (nSPS) is 11.1. The van der Waals surface area contributed by atoms with Crippen molar-refractivity contribution in [2.75, 3.05) is 25.1 Å². The fourth-order valence-corrected chi connectivity index (χ4v) is 2.77. The van der Waals surface area contributed by atoms with Gasteiger partial charge in [0.1, 0.15) is 22.8 Å². The number of para-hydroxylation sites is 1. The smallest absolute Gasteiger partial charge is 0.193 e. The third kappa shape index (κ3) is 5.79. The van der Waals surface area contributed by atoms with E-state index in [4.69, 9.17) is 19.6 Å². The Balaban J connectivity index is 0.00000280. The molecule has 0 atom stereocenters. The van der Waals surface area contributed by atoms with E-state index in [9.17, 15) is 0 Å². The first-order chi connectivity index (χ1) is 13.2. The highest BCUT2D eigenvalue weighted by atomic mass is 127. The lowest BCUT2D eigenvalue weighted by Crippen LogP contribution is -2.23. The molecule has 0 bridgehead atoms. The Bertz CT molecular complexity index is 891. The number of ether oxygens (including phenoxy) is 2. The quantitative estimate of drug-likeness (QED) is 0.266. The highest BCUT2D eigenvalue weighted by Crippen LogP contribution is 2.29. The number of nitrogens with one attached hydrogen (secondary N) is 1. The van der Waals surface area contributed by atoms with Crippen LogP contribution in [-0.4, -0.2) is 25.7 Å². The number of anilines is 1. The van der Waals surface area contributed by atoms with Gasteiger partial charge in [-0.05, 0) is 38.1 Å². The van der Waals surface area contributed by atoms with E-state index in [0.717, 1.165) is 28.2 Å². The largest absolute Gasteiger partial charge is 0.494 e. The summed E-state index contributed by atoms with van der Waals surface area (Å²) in [5, 5.41) is 4.19. The van der Waals surface area contributed by atoms with Crippen LogP contribution in [0.15, 0.2) is 57.9 Å². The molecule has 0 spiro atoms. The van der Waals surface area contributed by atoms with Crippen molar-refractivity contribution in [3.8, 4) is 11.5 Å². The van der Waals surface area contributed by atoms with Crippen molar-refractivity contribution >= 4 is 46.6 Å². The van der Waals surface area contributed by atoms with Crippen molar-refractivity contribution in [1.29, 1.82) is 0 Å². The van der Waals surface area contributed by atoms with E-state index in [2.05, 4.69) is 10.3 Å². The van der Waals surface area contributed by atoms with E-state index in [1.54, 1.807) is 0 Å². The molecule has 28 heavy (non-hydrogen) atoms. The summed E-state index contributed by atoms with van der Waals surface area (Å²) in [6.45, 7) is 5.55. The van der Waals surface area contributed by atoms with Crippen LogP contribution < -0.4 is 20.5 Å². The molecule has 3 aromatic rings. The average Bonchev–Trinajstić information content (AvgIpc) is 3.07. The molecule has 3 rings (SSSR count). The van der Waals surface area contributed by atoms with E-state index < -0.39 is 0 Å². The highest BCUT2D eigenvalue weighted by Gasteiger charge is 2.07. The van der Waals surface area contributed by atoms with Gasteiger partial charge in [-0.1, -0.05) is 18.2 Å². The van der Waals surface area contributed by atoms with Crippen molar-refractivity contribution in [2.24, 2.45) is 10.7 Å². The molecular formula is C21H26IN3O3. The zero-order valence-electron chi connectivity index (χ0n) is 16.1. The Kier molecular flexibility index (Phi) is 8.43. The highest BCUT2D eigenvalue weighted by molar-refractivity contribution is 14.0. The lowest BCUT2D eigenvalue weighted by atomic mass is 10.2. The fraction of sp³-hybridized carbons (Fsp3) is 0.286. The third-order valence-electron chi connectivity index (χ3n) is 3.94. The predicted octanol–water partition coefficient (Wildman–Crippen LogP) is 4.82. The van der Waals surface area contributed by atoms with Crippen molar-refractivity contribution in [2.45, 2.75) is 20.3 Å². The average molecular weight is 495 g/mol. The molecule has 0 fully saturated rings. The maximum atomic E-state index is 6.05. The van der Waals surface area contributed by atoms with Gasteiger partial charge in [-0.2, -0.15) is 0 Å². The topological polar surface area (TPSA) is 82.0 Å². The molecule has 0 aliphatic carbocycles. The van der Waals surface area contributed by atoms with Crippen molar-refractivity contribution in [1.82, 2.24) is 0 Å². The predicted molar refractivity (Wildman–Crippen MR) is 124 cm³/mol. The van der Waals surface area contributed by atoms with Gasteiger partial charge in [0.25, 0.3) is 0 Å². The second-order valence-corrected chi connectivity index (χ2v) is 5.92. The van der Waals surface area contributed by atoms with Gasteiger partial charge in [0, 0.05) is 24.4 Å². The minimum Gasteiger partial charge on any atom is -0.494 e. The number of aliphatic imine (C=N–C) groups is 1. The third-order valence-corrected chi connectivity index (χ3v) is 3.94. The van der Waals surface area contributed by atoms with E-state index in [0.29, 0.717) is 37.9 Å². The standard InChI is InChI=1S/C21H25N3O3.HI/c1-3-25-16-9-10-20(26-4-2)18(14-16)24-21(22)23-12-11-17-13-15-7-5-6-8-19(15)27-17;/h5-10,13-14H,3-4,11-12H2,1-2H3,(H3,22,23,24);1H. The van der Waals surface area contributed by atoms with Crippen LogP contribution in [0.1, 0.15) is 19.6 Å². The molecule has 0 saturated carbocycles. The van der Waals surface area contributed by atoms with E-state index in [1.807, 2.05) is 62.4 Å². The second-order valence-electron chi connectivity index (χ2n) is 5.92. The zero-order chi connectivity index (χ0) is 19.1. The van der Waals surface area contributed by atoms with Gasteiger partial charge in [-0.15, -0.1) is 24.0 Å². The number of hydrogen-bond donors (Lipinski definition) is 2. The van der Waals surface area contributed by atoms with Crippen LogP contribution in [0.25, 0.3) is 11.0 Å². The number of nitrogens with zero attached hydrogens (tertiary/aromatic N) is 1. The van der Waals surface area contributed by atoms with Crippen LogP contribution in [0.2, 0.25) is 0 Å². The maximum absolute atomic E-state index is 6.05. The lowest BCUT2D eigenvalue weighted by Gasteiger charge is -2.13. The van der Waals surface area contributed by atoms with Crippen molar-refractivity contribution in [3.05, 3.63) is 54.3 Å². The summed E-state index contributed by atoms with van der Waals surface area (Å²) < 4.78 is 17.0. The molecule has 3 N–H and O–H groups in total. The summed E-state index contributed by atoms with van der Waals surface area (Å²) in [7, 11) is 0. The first-order valence-electron chi connectivity index (χ1n) is 9.13. The molecule has 2 aromatic carbocycles. The van der Waals surface area contributed by atoms with Crippen LogP contribution in [0.3, 0.4) is 0 Å². The van der Waals surface area contributed by atoms with Crippen LogP contribution in [0, 0.1) is 0 Å². The number of fused-ring (bicyclic) bond motifs is 1. The van der Waals surface area contributed by atoms with Gasteiger partial charge in [0.2, 0.25) is 0 Å². The molecule has 7 heteroatoms. The Morgan fingerprint density at radius 3 is 2.61 bits per heavy atom. The molecular weight excluding hydrogens is 469 g/mol. The van der Waals surface area contributed by atoms with Gasteiger partial charge in [0.15, 0.2) is 5.96 Å². The Labute approximate surface area is 182 Å². The molecule has 1 heterocycles. The van der Waals surface area contributed by atoms with Gasteiger partial charge >= 0.3 is 0 Å². The molecule has 0 saturated heterocycles. The summed E-state index contributed by atoms with van der Waals surface area (Å²) in [6, 6.07) is 15.6. The summed E-state index contributed by atoms with van der Waals surface area (Å²) in [6.07, 6.45) is 0.675. The molecule has 0 aliphatic rings. The first kappa shape index (κ1) is 21.9. The molecule has 1 aromatic heterocycles. The fourth-order valence-electron chi connectivity index (χ4n) is 2.77. The van der Waals surface area contributed by atoms with Gasteiger partial charge in [-0.3, -0.25) is 4.99 Å². The second kappa shape index (κ2) is 10.8. The number of halogens is 1. The van der Waals surface area contributed by atoms with Crippen LogP contribution in [0.4, 0.5) is 5.69 Å². The first-order valence-corrected chi connectivity index (χ1v) is 9.13. The Morgan fingerprint density at radius 2 is 1.86 bits per heavy atom. The number of furan rings is 1. The number of guanidine groups is 1. The van der Waals surface area contributed by atoms with E-state index >= 15 is 0 Å². The van der Waals surface area contributed by atoms with Crippen LogP contribution in [0.5, 0.6) is 11.5 Å². The molecule has 0 radical (unpaired) electrons. The maximum Gasteiger partial charge on any atom is 0.193 e. The van der Waals surface area contributed by atoms with Gasteiger partial charge in [-0.25, -0.2) is 0 Å². The summed E-state index contributed by atoms with van der Waals surface area (Å²) in [5.41, 5.74) is 7.66. The number of nitrogens with two attached hydrogens (primary N) is 1. The summed E-state index contributed by atoms with van der Waals surface area (Å²) in [4.78, 5) is 4.39. The van der Waals surface area contributed by atoms with Gasteiger partial charge < -0.3 is 24.9 Å². The minimum atomic E-state index is 0. The Hall–Kier alpha value is -2.42. The lowest BCUT2D eigenvalue weighted by molar-refractivity contribution is 0.332. The molecule has 0 aliphatic heterocycles. The molecule has 0 amide bonds. The van der Waals surface area contributed by atoms with Crippen LogP contribution in [-0.2, 0) is 6.42 Å². The summed E-state index contributed by atoms with van der Waals surface area (Å²) in [5.74, 6) is 2.66. The zero-order valence-corrected chi connectivity index (χ0v) is 18.4.